The Hall–Kier alpha value is -2.05. The maximum atomic E-state index is 12.4. The first-order chi connectivity index (χ1) is 11.4. The van der Waals surface area contributed by atoms with E-state index in [0.717, 1.165) is 16.7 Å². The molecule has 1 amide bonds. The van der Waals surface area contributed by atoms with Crippen LogP contribution in [-0.4, -0.2) is 21.1 Å². The van der Waals surface area contributed by atoms with Crippen LogP contribution in [0.4, 0.5) is 10.5 Å². The average Bonchev–Trinajstić information content (AvgIpc) is 2.95. The fraction of sp³-hybridized carbons (Fsp3) is 0.235. The van der Waals surface area contributed by atoms with Gasteiger partial charge in [-0.15, -0.1) is 0 Å². The van der Waals surface area contributed by atoms with Gasteiger partial charge in [-0.1, -0.05) is 36.4 Å². The van der Waals surface area contributed by atoms with Crippen LogP contribution in [0, 0.1) is 6.92 Å². The lowest BCUT2D eigenvalue weighted by Crippen LogP contribution is -2.30. The highest BCUT2D eigenvalue weighted by atomic mass is 35.7. The lowest BCUT2D eigenvalue weighted by molar-refractivity contribution is 0.147. The van der Waals surface area contributed by atoms with E-state index in [1.54, 1.807) is 6.92 Å². The number of anilines is 1. The van der Waals surface area contributed by atoms with Gasteiger partial charge in [0.2, 0.25) is 0 Å². The quantitative estimate of drug-likeness (QED) is 0.779. The monoisotopic (exact) mass is 365 g/mol. The molecule has 0 atom stereocenters. The molecule has 24 heavy (non-hydrogen) atoms. The summed E-state index contributed by atoms with van der Waals surface area (Å²) in [6, 6.07) is 12.6. The smallest absolute Gasteiger partial charge is 0.414 e. The second kappa shape index (κ2) is 6.45. The number of carbonyl (C=O) groups is 1. The second-order valence-corrected chi connectivity index (χ2v) is 8.18. The Labute approximate surface area is 145 Å². The molecule has 0 bridgehead atoms. The van der Waals surface area contributed by atoms with Gasteiger partial charge in [0.05, 0.1) is 5.69 Å². The van der Waals surface area contributed by atoms with E-state index in [9.17, 15) is 13.2 Å². The number of carbonyl (C=O) groups excluding carboxylic acids is 1. The van der Waals surface area contributed by atoms with Gasteiger partial charge in [0.15, 0.2) is 0 Å². The van der Waals surface area contributed by atoms with Crippen LogP contribution in [0.2, 0.25) is 0 Å². The molecule has 0 fully saturated rings. The minimum absolute atomic E-state index is 0.0478. The van der Waals surface area contributed by atoms with Crippen LogP contribution < -0.4 is 4.90 Å². The van der Waals surface area contributed by atoms with E-state index in [1.165, 1.54) is 11.0 Å². The lowest BCUT2D eigenvalue weighted by Gasteiger charge is -2.19. The molecule has 0 aromatic heterocycles. The molecule has 2 aromatic carbocycles. The Morgan fingerprint density at radius 1 is 1.25 bits per heavy atom. The largest absolute Gasteiger partial charge is 0.444 e. The van der Waals surface area contributed by atoms with Crippen molar-refractivity contribution in [1.29, 1.82) is 0 Å². The number of fused-ring (bicyclic) bond motifs is 1. The molecule has 5 nitrogen and oxygen atoms in total. The third-order valence-electron chi connectivity index (χ3n) is 3.86. The molecule has 1 aliphatic rings. The zero-order chi connectivity index (χ0) is 17.3. The van der Waals surface area contributed by atoms with Crippen LogP contribution >= 0.6 is 10.7 Å². The van der Waals surface area contributed by atoms with Gasteiger partial charge in [0, 0.05) is 17.2 Å². The van der Waals surface area contributed by atoms with Crippen molar-refractivity contribution >= 4 is 31.5 Å². The molecule has 0 radical (unpaired) electrons. The summed E-state index contributed by atoms with van der Waals surface area (Å²) in [4.78, 5) is 13.7. The highest BCUT2D eigenvalue weighted by Gasteiger charge is 2.32. The Balaban J connectivity index is 1.87. The van der Waals surface area contributed by atoms with E-state index in [2.05, 4.69) is 0 Å². The minimum atomic E-state index is -3.96. The van der Waals surface area contributed by atoms with Crippen LogP contribution in [-0.2, 0) is 26.8 Å². The van der Waals surface area contributed by atoms with Gasteiger partial charge in [-0.05, 0) is 36.1 Å². The molecule has 1 heterocycles. The standard InChI is InChI=1S/C17H16ClNO4S/c1-12-9-14-7-8-19(16(14)15(10-12)24(18,21)22)17(20)23-11-13-5-3-2-4-6-13/h2-6,9-10H,7-8,11H2,1H3. The molecule has 0 N–H and O–H groups in total. The Bertz CT molecular complexity index is 881. The van der Waals surface area contributed by atoms with Crippen LogP contribution in [0.5, 0.6) is 0 Å². The Morgan fingerprint density at radius 3 is 2.62 bits per heavy atom. The van der Waals surface area contributed by atoms with Crippen molar-refractivity contribution in [3.63, 3.8) is 0 Å². The molecule has 3 rings (SSSR count). The second-order valence-electron chi connectivity index (χ2n) is 5.65. The topological polar surface area (TPSA) is 63.7 Å². The molecule has 2 aromatic rings. The van der Waals surface area contributed by atoms with Gasteiger partial charge >= 0.3 is 6.09 Å². The fourth-order valence-corrected chi connectivity index (χ4v) is 3.98. The van der Waals surface area contributed by atoms with E-state index >= 15 is 0 Å². The summed E-state index contributed by atoms with van der Waals surface area (Å²) in [7, 11) is 1.59. The predicted molar refractivity (Wildman–Crippen MR) is 91.9 cm³/mol. The molecule has 1 aliphatic heterocycles. The van der Waals surface area contributed by atoms with Crippen LogP contribution in [0.25, 0.3) is 0 Å². The molecule has 0 saturated heterocycles. The minimum Gasteiger partial charge on any atom is -0.444 e. The van der Waals surface area contributed by atoms with Crippen molar-refractivity contribution < 1.29 is 17.9 Å². The van der Waals surface area contributed by atoms with Crippen LogP contribution in [0.1, 0.15) is 16.7 Å². The van der Waals surface area contributed by atoms with Gasteiger partial charge < -0.3 is 4.74 Å². The first-order valence-corrected chi connectivity index (χ1v) is 9.73. The highest BCUT2D eigenvalue weighted by Crippen LogP contribution is 2.37. The maximum Gasteiger partial charge on any atom is 0.414 e. The molecule has 0 spiro atoms. The highest BCUT2D eigenvalue weighted by molar-refractivity contribution is 8.13. The van der Waals surface area contributed by atoms with E-state index in [4.69, 9.17) is 15.4 Å². The maximum absolute atomic E-state index is 12.4. The lowest BCUT2D eigenvalue weighted by atomic mass is 10.1. The Kier molecular flexibility index (Phi) is 4.51. The van der Waals surface area contributed by atoms with E-state index in [0.29, 0.717) is 18.7 Å². The van der Waals surface area contributed by atoms with Crippen molar-refractivity contribution in [3.05, 3.63) is 59.2 Å². The number of amides is 1. The number of benzene rings is 2. The molecular formula is C17H16ClNO4S. The summed E-state index contributed by atoms with van der Waals surface area (Å²) in [5, 5.41) is 0. The Morgan fingerprint density at radius 2 is 1.96 bits per heavy atom. The number of rotatable bonds is 3. The van der Waals surface area contributed by atoms with Gasteiger partial charge in [0.25, 0.3) is 9.05 Å². The number of ether oxygens (including phenoxy) is 1. The molecule has 0 unspecified atom stereocenters. The van der Waals surface area contributed by atoms with E-state index in [1.807, 2.05) is 36.4 Å². The van der Waals surface area contributed by atoms with Crippen molar-refractivity contribution in [3.8, 4) is 0 Å². The summed E-state index contributed by atoms with van der Waals surface area (Å²) in [6.07, 6.45) is -0.0142. The van der Waals surface area contributed by atoms with Crippen molar-refractivity contribution in [2.45, 2.75) is 24.8 Å². The third kappa shape index (κ3) is 3.39. The van der Waals surface area contributed by atoms with E-state index in [-0.39, 0.29) is 11.5 Å². The number of aryl methyl sites for hydroxylation is 1. The van der Waals surface area contributed by atoms with Gasteiger partial charge in [-0.25, -0.2) is 13.2 Å². The first kappa shape index (κ1) is 16.8. The normalized spacial score (nSPS) is 13.7. The molecular weight excluding hydrogens is 350 g/mol. The summed E-state index contributed by atoms with van der Waals surface area (Å²) >= 11 is 0. The van der Waals surface area contributed by atoms with Gasteiger partial charge in [-0.3, -0.25) is 4.90 Å². The van der Waals surface area contributed by atoms with Crippen molar-refractivity contribution in [2.75, 3.05) is 11.4 Å². The number of halogens is 1. The van der Waals surface area contributed by atoms with Gasteiger partial charge in [0.1, 0.15) is 11.5 Å². The van der Waals surface area contributed by atoms with E-state index < -0.39 is 15.1 Å². The fourth-order valence-electron chi connectivity index (χ4n) is 2.82. The van der Waals surface area contributed by atoms with Gasteiger partial charge in [-0.2, -0.15) is 0 Å². The number of hydrogen-bond acceptors (Lipinski definition) is 4. The zero-order valence-electron chi connectivity index (χ0n) is 13.0. The predicted octanol–water partition coefficient (Wildman–Crippen LogP) is 3.62. The van der Waals surface area contributed by atoms with Crippen molar-refractivity contribution in [1.82, 2.24) is 0 Å². The summed E-state index contributed by atoms with van der Waals surface area (Å²) in [5.41, 5.74) is 2.76. The summed E-state index contributed by atoms with van der Waals surface area (Å²) in [5.74, 6) is 0. The molecule has 0 aliphatic carbocycles. The molecule has 0 saturated carbocycles. The summed E-state index contributed by atoms with van der Waals surface area (Å²) < 4.78 is 29.1. The SMILES string of the molecule is Cc1cc2c(c(S(=O)(=O)Cl)c1)N(C(=O)OCc1ccccc1)CC2. The van der Waals surface area contributed by atoms with Crippen LogP contribution in [0.15, 0.2) is 47.4 Å². The zero-order valence-corrected chi connectivity index (χ0v) is 14.6. The molecule has 7 heteroatoms. The molecule has 126 valence electrons. The average molecular weight is 366 g/mol. The number of hydrogen-bond donors (Lipinski definition) is 0. The van der Waals surface area contributed by atoms with Crippen LogP contribution in [0.3, 0.4) is 0 Å². The third-order valence-corrected chi connectivity index (χ3v) is 5.20. The first-order valence-electron chi connectivity index (χ1n) is 7.42. The number of nitrogens with zero attached hydrogens (tertiary/aromatic N) is 1. The van der Waals surface area contributed by atoms with Crippen molar-refractivity contribution in [2.24, 2.45) is 0 Å². The summed E-state index contributed by atoms with van der Waals surface area (Å²) in [6.45, 7) is 2.29.